The number of aromatic nitrogens is 2. The normalized spacial score (nSPS) is 11.6. The van der Waals surface area contributed by atoms with Crippen LogP contribution in [-0.4, -0.2) is 44.4 Å². The molecule has 0 aromatic carbocycles. The molecule has 0 aliphatic heterocycles. The molecule has 10 nitrogen and oxygen atoms in total. The summed E-state index contributed by atoms with van der Waals surface area (Å²) < 4.78 is 4.72. The van der Waals surface area contributed by atoms with Gasteiger partial charge < -0.3 is 25.4 Å². The zero-order chi connectivity index (χ0) is 14.4. The summed E-state index contributed by atoms with van der Waals surface area (Å²) in [4.78, 5) is 36.3. The molecule has 0 aliphatic rings. The number of carbonyl (C=O) groups is 3. The van der Waals surface area contributed by atoms with Crippen LogP contribution in [0, 0.1) is 6.92 Å². The van der Waals surface area contributed by atoms with E-state index in [0.29, 0.717) is 5.82 Å². The number of urea groups is 1. The van der Waals surface area contributed by atoms with Gasteiger partial charge in [-0.25, -0.2) is 9.59 Å². The summed E-state index contributed by atoms with van der Waals surface area (Å²) in [5.41, 5.74) is 0. The second-order valence-corrected chi connectivity index (χ2v) is 3.55. The van der Waals surface area contributed by atoms with Gasteiger partial charge in [0.1, 0.15) is 6.04 Å². The summed E-state index contributed by atoms with van der Waals surface area (Å²) in [7, 11) is 0. The van der Waals surface area contributed by atoms with Crippen molar-refractivity contribution in [2.45, 2.75) is 25.9 Å². The molecule has 19 heavy (non-hydrogen) atoms. The molecule has 0 saturated carbocycles. The van der Waals surface area contributed by atoms with E-state index in [9.17, 15) is 14.4 Å². The molecule has 104 valence electrons. The number of aryl methyl sites for hydroxylation is 1. The van der Waals surface area contributed by atoms with E-state index in [2.05, 4.69) is 15.5 Å². The van der Waals surface area contributed by atoms with Crippen LogP contribution in [0.2, 0.25) is 0 Å². The first kappa shape index (κ1) is 14.4. The standard InChI is InChI=1S/C9H12N4O6/c1-4-11-6(19-13-4)3-10-9(18)12-5(8(16)17)2-7(14)15/h5H,2-3H2,1H3,(H,14,15)(H,16,17)(H2,10,12,18)/t5-/m0/s1. The second kappa shape index (κ2) is 6.33. The molecule has 1 heterocycles. The van der Waals surface area contributed by atoms with Gasteiger partial charge in [0.25, 0.3) is 0 Å². The van der Waals surface area contributed by atoms with Gasteiger partial charge in [-0.1, -0.05) is 5.16 Å². The molecule has 0 fully saturated rings. The Labute approximate surface area is 106 Å². The Hall–Kier alpha value is -2.65. The summed E-state index contributed by atoms with van der Waals surface area (Å²) in [6.07, 6.45) is -0.720. The fourth-order valence-corrected chi connectivity index (χ4v) is 1.15. The summed E-state index contributed by atoms with van der Waals surface area (Å²) in [6, 6.07) is -2.36. The van der Waals surface area contributed by atoms with E-state index < -0.39 is 30.4 Å². The third kappa shape index (κ3) is 5.02. The molecule has 1 rings (SSSR count). The lowest BCUT2D eigenvalue weighted by atomic mass is 10.2. The van der Waals surface area contributed by atoms with Crippen LogP contribution in [0.25, 0.3) is 0 Å². The van der Waals surface area contributed by atoms with Crippen molar-refractivity contribution in [1.82, 2.24) is 20.8 Å². The average Bonchev–Trinajstić information content (AvgIpc) is 2.71. The topological polar surface area (TPSA) is 155 Å². The maximum atomic E-state index is 11.4. The number of amides is 2. The molecule has 1 aromatic heterocycles. The Morgan fingerprint density at radius 2 is 2.05 bits per heavy atom. The van der Waals surface area contributed by atoms with Crippen molar-refractivity contribution in [3.8, 4) is 0 Å². The summed E-state index contributed by atoms with van der Waals surface area (Å²) in [6.45, 7) is 1.51. The van der Waals surface area contributed by atoms with Crippen molar-refractivity contribution >= 4 is 18.0 Å². The minimum Gasteiger partial charge on any atom is -0.481 e. The smallest absolute Gasteiger partial charge is 0.326 e. The van der Waals surface area contributed by atoms with E-state index in [-0.39, 0.29) is 12.4 Å². The Kier molecular flexibility index (Phi) is 4.80. The number of carbonyl (C=O) groups excluding carboxylic acids is 1. The van der Waals surface area contributed by atoms with Crippen LogP contribution < -0.4 is 10.6 Å². The number of nitrogens with zero attached hydrogens (tertiary/aromatic N) is 2. The van der Waals surface area contributed by atoms with Crippen molar-refractivity contribution in [3.05, 3.63) is 11.7 Å². The highest BCUT2D eigenvalue weighted by molar-refractivity contribution is 5.86. The average molecular weight is 272 g/mol. The molecule has 10 heteroatoms. The molecule has 0 bridgehead atoms. The van der Waals surface area contributed by atoms with E-state index in [1.807, 2.05) is 5.32 Å². The number of nitrogens with one attached hydrogen (secondary N) is 2. The maximum Gasteiger partial charge on any atom is 0.326 e. The Bertz CT molecular complexity index is 485. The molecular formula is C9H12N4O6. The van der Waals surface area contributed by atoms with Crippen LogP contribution >= 0.6 is 0 Å². The van der Waals surface area contributed by atoms with Gasteiger partial charge in [-0.05, 0) is 6.92 Å². The number of hydrogen-bond acceptors (Lipinski definition) is 6. The second-order valence-electron chi connectivity index (χ2n) is 3.55. The zero-order valence-corrected chi connectivity index (χ0v) is 9.91. The van der Waals surface area contributed by atoms with Gasteiger partial charge in [0.2, 0.25) is 5.89 Å². The summed E-state index contributed by atoms with van der Waals surface area (Å²) >= 11 is 0. The van der Waals surface area contributed by atoms with Crippen LogP contribution in [0.4, 0.5) is 4.79 Å². The van der Waals surface area contributed by atoms with E-state index in [4.69, 9.17) is 14.7 Å². The van der Waals surface area contributed by atoms with Crippen LogP contribution in [0.15, 0.2) is 4.52 Å². The highest BCUT2D eigenvalue weighted by atomic mass is 16.5. The molecule has 1 aromatic rings. The van der Waals surface area contributed by atoms with Crippen molar-refractivity contribution in [2.75, 3.05) is 0 Å². The number of carboxylic acid groups (broad SMARTS) is 2. The van der Waals surface area contributed by atoms with Crippen molar-refractivity contribution in [3.63, 3.8) is 0 Å². The Morgan fingerprint density at radius 3 is 2.53 bits per heavy atom. The van der Waals surface area contributed by atoms with E-state index >= 15 is 0 Å². The van der Waals surface area contributed by atoms with E-state index in [1.54, 1.807) is 6.92 Å². The van der Waals surface area contributed by atoms with Crippen LogP contribution in [0.3, 0.4) is 0 Å². The molecule has 0 spiro atoms. The van der Waals surface area contributed by atoms with Crippen LogP contribution in [-0.2, 0) is 16.1 Å². The minimum absolute atomic E-state index is 0.0912. The Balaban J connectivity index is 2.44. The predicted octanol–water partition coefficient (Wildman–Crippen LogP) is -0.895. The number of hydrogen-bond donors (Lipinski definition) is 4. The molecule has 1 atom stereocenters. The number of carboxylic acids is 2. The maximum absolute atomic E-state index is 11.4. The zero-order valence-electron chi connectivity index (χ0n) is 9.91. The van der Waals surface area contributed by atoms with Gasteiger partial charge in [-0.2, -0.15) is 4.98 Å². The van der Waals surface area contributed by atoms with Gasteiger partial charge in [-0.3, -0.25) is 4.79 Å². The third-order valence-corrected chi connectivity index (χ3v) is 1.95. The molecule has 0 aliphatic carbocycles. The monoisotopic (exact) mass is 272 g/mol. The fourth-order valence-electron chi connectivity index (χ4n) is 1.15. The highest BCUT2D eigenvalue weighted by Crippen LogP contribution is 1.96. The Morgan fingerprint density at radius 1 is 1.37 bits per heavy atom. The lowest BCUT2D eigenvalue weighted by Gasteiger charge is -2.12. The van der Waals surface area contributed by atoms with Gasteiger partial charge >= 0.3 is 18.0 Å². The molecule has 4 N–H and O–H groups in total. The molecule has 2 amide bonds. The van der Waals surface area contributed by atoms with Crippen LogP contribution in [0.1, 0.15) is 18.1 Å². The van der Waals surface area contributed by atoms with Gasteiger partial charge in [0.05, 0.1) is 13.0 Å². The van der Waals surface area contributed by atoms with Crippen molar-refractivity contribution < 1.29 is 29.1 Å². The van der Waals surface area contributed by atoms with E-state index in [0.717, 1.165) is 0 Å². The van der Waals surface area contributed by atoms with Gasteiger partial charge in [0.15, 0.2) is 5.82 Å². The first-order chi connectivity index (χ1) is 8.88. The molecule has 0 saturated heterocycles. The molecule has 0 radical (unpaired) electrons. The summed E-state index contributed by atoms with van der Waals surface area (Å²) in [5, 5.41) is 25.0. The van der Waals surface area contributed by atoms with E-state index in [1.165, 1.54) is 0 Å². The quantitative estimate of drug-likeness (QED) is 0.519. The largest absolute Gasteiger partial charge is 0.481 e. The lowest BCUT2D eigenvalue weighted by molar-refractivity contribution is -0.145. The SMILES string of the molecule is Cc1noc(CNC(=O)N[C@@H](CC(=O)O)C(=O)O)n1. The van der Waals surface area contributed by atoms with Gasteiger partial charge in [0, 0.05) is 0 Å². The third-order valence-electron chi connectivity index (χ3n) is 1.95. The molecule has 0 unspecified atom stereocenters. The minimum atomic E-state index is -1.51. The first-order valence-electron chi connectivity index (χ1n) is 5.16. The van der Waals surface area contributed by atoms with Crippen molar-refractivity contribution in [2.24, 2.45) is 0 Å². The van der Waals surface area contributed by atoms with Gasteiger partial charge in [-0.15, -0.1) is 0 Å². The summed E-state index contributed by atoms with van der Waals surface area (Å²) in [5.74, 6) is -2.23. The number of rotatable bonds is 6. The highest BCUT2D eigenvalue weighted by Gasteiger charge is 2.22. The van der Waals surface area contributed by atoms with Crippen LogP contribution in [0.5, 0.6) is 0 Å². The number of aliphatic carboxylic acids is 2. The predicted molar refractivity (Wildman–Crippen MR) is 58.1 cm³/mol. The fraction of sp³-hybridized carbons (Fsp3) is 0.444. The lowest BCUT2D eigenvalue weighted by Crippen LogP contribution is -2.46. The van der Waals surface area contributed by atoms with Crippen molar-refractivity contribution in [1.29, 1.82) is 0 Å². The molecular weight excluding hydrogens is 260 g/mol. The first-order valence-corrected chi connectivity index (χ1v) is 5.16.